The second-order valence-electron chi connectivity index (χ2n) is 7.42. The summed E-state index contributed by atoms with van der Waals surface area (Å²) in [4.78, 5) is 11.4. The molecule has 2 aromatic rings. The summed E-state index contributed by atoms with van der Waals surface area (Å²) in [7, 11) is 2.08. The van der Waals surface area contributed by atoms with Crippen LogP contribution in [-0.2, 0) is 5.41 Å². The Morgan fingerprint density at radius 1 is 1.08 bits per heavy atom. The van der Waals surface area contributed by atoms with Crippen molar-refractivity contribution >= 4 is 17.5 Å². The first-order valence-electron chi connectivity index (χ1n) is 8.74. The van der Waals surface area contributed by atoms with E-state index in [9.17, 15) is 0 Å². The van der Waals surface area contributed by atoms with Crippen molar-refractivity contribution in [3.05, 3.63) is 41.6 Å². The fraction of sp³-hybridized carbons (Fsp3) is 0.500. The molecule has 4 heteroatoms. The van der Waals surface area contributed by atoms with E-state index in [4.69, 9.17) is 0 Å². The third kappa shape index (κ3) is 4.95. The molecule has 0 aliphatic rings. The first-order chi connectivity index (χ1) is 11.3. The summed E-state index contributed by atoms with van der Waals surface area (Å²) in [6, 6.07) is 10.5. The largest absolute Gasteiger partial charge is 0.360 e. The Morgan fingerprint density at radius 2 is 1.75 bits per heavy atom. The van der Waals surface area contributed by atoms with Crippen LogP contribution in [0.3, 0.4) is 0 Å². The van der Waals surface area contributed by atoms with E-state index in [1.807, 2.05) is 13.0 Å². The molecule has 2 rings (SSSR count). The van der Waals surface area contributed by atoms with Gasteiger partial charge in [0.2, 0.25) is 5.95 Å². The Morgan fingerprint density at radius 3 is 2.33 bits per heavy atom. The molecule has 0 bridgehead atoms. The van der Waals surface area contributed by atoms with Gasteiger partial charge < -0.3 is 10.2 Å². The van der Waals surface area contributed by atoms with Gasteiger partial charge in [0.1, 0.15) is 5.82 Å². The van der Waals surface area contributed by atoms with E-state index in [1.54, 1.807) is 0 Å². The molecule has 4 nitrogen and oxygen atoms in total. The molecule has 24 heavy (non-hydrogen) atoms. The average molecular weight is 326 g/mol. The normalized spacial score (nSPS) is 11.4. The zero-order valence-corrected chi connectivity index (χ0v) is 15.8. The quantitative estimate of drug-likeness (QED) is 0.805. The molecule has 0 unspecified atom stereocenters. The van der Waals surface area contributed by atoms with Crippen molar-refractivity contribution in [2.24, 2.45) is 0 Å². The van der Waals surface area contributed by atoms with Crippen molar-refractivity contribution in [3.63, 3.8) is 0 Å². The summed E-state index contributed by atoms with van der Waals surface area (Å²) >= 11 is 0. The van der Waals surface area contributed by atoms with Gasteiger partial charge in [-0.25, -0.2) is 4.98 Å². The van der Waals surface area contributed by atoms with E-state index in [0.29, 0.717) is 5.95 Å². The van der Waals surface area contributed by atoms with Crippen LogP contribution in [0.2, 0.25) is 0 Å². The molecule has 0 radical (unpaired) electrons. The van der Waals surface area contributed by atoms with Gasteiger partial charge in [-0.05, 0) is 36.5 Å². The summed E-state index contributed by atoms with van der Waals surface area (Å²) in [5, 5.41) is 3.33. The molecule has 1 aromatic carbocycles. The molecular formula is C20H30N4. The number of benzene rings is 1. The van der Waals surface area contributed by atoms with Gasteiger partial charge in [-0.2, -0.15) is 4.98 Å². The third-order valence-electron chi connectivity index (χ3n) is 4.09. The number of nitrogens with one attached hydrogen (secondary N) is 1. The van der Waals surface area contributed by atoms with E-state index < -0.39 is 0 Å². The van der Waals surface area contributed by atoms with E-state index in [1.165, 1.54) is 12.0 Å². The Hall–Kier alpha value is -2.10. The smallest absolute Gasteiger partial charge is 0.229 e. The van der Waals surface area contributed by atoms with Crippen LogP contribution in [0, 0.1) is 6.92 Å². The minimum absolute atomic E-state index is 0.160. The number of hydrogen-bond donors (Lipinski definition) is 1. The highest BCUT2D eigenvalue weighted by molar-refractivity contribution is 5.56. The van der Waals surface area contributed by atoms with Crippen LogP contribution in [0.1, 0.15) is 51.8 Å². The van der Waals surface area contributed by atoms with Crippen molar-refractivity contribution in [1.29, 1.82) is 0 Å². The Kier molecular flexibility index (Phi) is 5.81. The molecule has 0 aliphatic carbocycles. The lowest BCUT2D eigenvalue weighted by atomic mass is 9.87. The third-order valence-corrected chi connectivity index (χ3v) is 4.09. The molecular weight excluding hydrogens is 296 g/mol. The van der Waals surface area contributed by atoms with Crippen LogP contribution in [0.4, 0.5) is 17.5 Å². The van der Waals surface area contributed by atoms with Gasteiger partial charge in [-0.1, -0.05) is 46.2 Å². The highest BCUT2D eigenvalue weighted by atomic mass is 15.2. The molecule has 0 saturated heterocycles. The molecule has 0 atom stereocenters. The van der Waals surface area contributed by atoms with Gasteiger partial charge >= 0.3 is 0 Å². The minimum Gasteiger partial charge on any atom is -0.360 e. The van der Waals surface area contributed by atoms with Gasteiger partial charge in [0.05, 0.1) is 0 Å². The standard InChI is InChI=1S/C20H30N4/c1-7-8-13-24(6)18-14-15(2)21-19(23-18)22-17-11-9-16(10-12-17)20(3,4)5/h9-12,14H,7-8,13H2,1-6H3,(H,21,22,23). The predicted molar refractivity (Wildman–Crippen MR) is 103 cm³/mol. The van der Waals surface area contributed by atoms with Crippen LogP contribution in [0.25, 0.3) is 0 Å². The van der Waals surface area contributed by atoms with Crippen LogP contribution in [0.15, 0.2) is 30.3 Å². The van der Waals surface area contributed by atoms with Gasteiger partial charge in [0.15, 0.2) is 0 Å². The van der Waals surface area contributed by atoms with Crippen LogP contribution in [0.5, 0.6) is 0 Å². The highest BCUT2D eigenvalue weighted by Crippen LogP contribution is 2.24. The van der Waals surface area contributed by atoms with Crippen LogP contribution < -0.4 is 10.2 Å². The van der Waals surface area contributed by atoms with E-state index in [2.05, 4.69) is 79.2 Å². The molecule has 1 heterocycles. The first kappa shape index (κ1) is 18.2. The maximum absolute atomic E-state index is 4.66. The lowest BCUT2D eigenvalue weighted by Crippen LogP contribution is -2.20. The van der Waals surface area contributed by atoms with Gasteiger partial charge in [-0.15, -0.1) is 0 Å². The molecule has 0 saturated carbocycles. The first-order valence-corrected chi connectivity index (χ1v) is 8.74. The van der Waals surface area contributed by atoms with Crippen LogP contribution >= 0.6 is 0 Å². The van der Waals surface area contributed by atoms with Crippen LogP contribution in [-0.4, -0.2) is 23.6 Å². The van der Waals surface area contributed by atoms with Gasteiger partial charge in [-0.3, -0.25) is 0 Å². The molecule has 1 N–H and O–H groups in total. The molecule has 0 fully saturated rings. The fourth-order valence-electron chi connectivity index (χ4n) is 2.50. The predicted octanol–water partition coefficient (Wildman–Crippen LogP) is 5.06. The monoisotopic (exact) mass is 326 g/mol. The molecule has 130 valence electrons. The number of aromatic nitrogens is 2. The number of rotatable bonds is 6. The minimum atomic E-state index is 0.160. The SMILES string of the molecule is CCCCN(C)c1cc(C)nc(Nc2ccc(C(C)(C)C)cc2)n1. The van der Waals surface area contributed by atoms with Crippen molar-refractivity contribution in [2.45, 2.75) is 52.9 Å². The molecule has 0 aliphatic heterocycles. The van der Waals surface area contributed by atoms with Crippen molar-refractivity contribution in [2.75, 3.05) is 23.8 Å². The topological polar surface area (TPSA) is 41.1 Å². The Labute approximate surface area is 146 Å². The van der Waals surface area contributed by atoms with E-state index in [-0.39, 0.29) is 5.41 Å². The summed E-state index contributed by atoms with van der Waals surface area (Å²) < 4.78 is 0. The lowest BCUT2D eigenvalue weighted by Gasteiger charge is -2.20. The highest BCUT2D eigenvalue weighted by Gasteiger charge is 2.13. The second kappa shape index (κ2) is 7.65. The molecule has 0 amide bonds. The van der Waals surface area contributed by atoms with Gasteiger partial charge in [0, 0.05) is 31.0 Å². The average Bonchev–Trinajstić information content (AvgIpc) is 2.51. The van der Waals surface area contributed by atoms with Crippen molar-refractivity contribution in [1.82, 2.24) is 9.97 Å². The number of nitrogens with zero attached hydrogens (tertiary/aromatic N) is 3. The maximum Gasteiger partial charge on any atom is 0.229 e. The van der Waals surface area contributed by atoms with Gasteiger partial charge in [0.25, 0.3) is 0 Å². The number of hydrogen-bond acceptors (Lipinski definition) is 4. The van der Waals surface area contributed by atoms with Crippen molar-refractivity contribution < 1.29 is 0 Å². The Balaban J connectivity index is 2.16. The molecule has 1 aromatic heterocycles. The Bertz CT molecular complexity index is 656. The number of unbranched alkanes of at least 4 members (excludes halogenated alkanes) is 1. The lowest BCUT2D eigenvalue weighted by molar-refractivity contribution is 0.590. The fourth-order valence-corrected chi connectivity index (χ4v) is 2.50. The number of anilines is 3. The zero-order chi connectivity index (χ0) is 17.7. The summed E-state index contributed by atoms with van der Waals surface area (Å²) in [5.74, 6) is 1.61. The van der Waals surface area contributed by atoms with E-state index in [0.717, 1.165) is 30.2 Å². The summed E-state index contributed by atoms with van der Waals surface area (Å²) in [6.45, 7) is 11.9. The maximum atomic E-state index is 4.66. The summed E-state index contributed by atoms with van der Waals surface area (Å²) in [5.41, 5.74) is 3.46. The molecule has 0 spiro atoms. The number of aryl methyl sites for hydroxylation is 1. The van der Waals surface area contributed by atoms with E-state index >= 15 is 0 Å². The van der Waals surface area contributed by atoms with Crippen molar-refractivity contribution in [3.8, 4) is 0 Å². The summed E-state index contributed by atoms with van der Waals surface area (Å²) in [6.07, 6.45) is 2.34. The zero-order valence-electron chi connectivity index (χ0n) is 15.8. The second-order valence-corrected chi connectivity index (χ2v) is 7.42.